The van der Waals surface area contributed by atoms with Crippen molar-refractivity contribution in [2.24, 2.45) is 0 Å². The highest BCUT2D eigenvalue weighted by molar-refractivity contribution is 5.72. The minimum Gasteiger partial charge on any atom is -0.504 e. The second kappa shape index (κ2) is 7.25. The Kier molecular flexibility index (Phi) is 4.89. The van der Waals surface area contributed by atoms with Crippen molar-refractivity contribution in [3.8, 4) is 11.5 Å². The second-order valence-corrected chi connectivity index (χ2v) is 5.82. The molecule has 1 aromatic heterocycles. The van der Waals surface area contributed by atoms with Crippen LogP contribution in [0.2, 0.25) is 0 Å². The van der Waals surface area contributed by atoms with E-state index in [1.54, 1.807) is 13.2 Å². The van der Waals surface area contributed by atoms with Crippen LogP contribution in [0.1, 0.15) is 25.3 Å². The van der Waals surface area contributed by atoms with Gasteiger partial charge in [-0.2, -0.15) is 0 Å². The van der Waals surface area contributed by atoms with Crippen LogP contribution in [-0.2, 0) is 13.1 Å². The standard InChI is InChI=1S/C19H23N3O2/c1-3-4-12-22-16-10-6-5-9-15(16)21-19(22)20-13-14-8-7-11-17(24-2)18(14)23/h5-11H,3-4,12-13H2,1-2H3,(H2,20,21,23)/p+1. The number of phenols is 1. The summed E-state index contributed by atoms with van der Waals surface area (Å²) in [5.41, 5.74) is 3.09. The van der Waals surface area contributed by atoms with Gasteiger partial charge in [0.15, 0.2) is 11.5 Å². The van der Waals surface area contributed by atoms with E-state index in [2.05, 4.69) is 40.0 Å². The molecule has 0 saturated heterocycles. The number of phenolic OH excluding ortho intramolecular Hbond substituents is 1. The molecular weight excluding hydrogens is 302 g/mol. The van der Waals surface area contributed by atoms with Gasteiger partial charge in [0.1, 0.15) is 11.0 Å². The Morgan fingerprint density at radius 3 is 2.79 bits per heavy atom. The molecule has 0 atom stereocenters. The van der Waals surface area contributed by atoms with Gasteiger partial charge >= 0.3 is 5.95 Å². The van der Waals surface area contributed by atoms with Gasteiger partial charge in [0.2, 0.25) is 0 Å². The van der Waals surface area contributed by atoms with Crippen molar-refractivity contribution in [1.29, 1.82) is 0 Å². The summed E-state index contributed by atoms with van der Waals surface area (Å²) in [7, 11) is 1.56. The van der Waals surface area contributed by atoms with E-state index < -0.39 is 0 Å². The van der Waals surface area contributed by atoms with Crippen molar-refractivity contribution in [3.05, 3.63) is 48.0 Å². The van der Waals surface area contributed by atoms with E-state index in [4.69, 9.17) is 4.74 Å². The van der Waals surface area contributed by atoms with Crippen LogP contribution in [0.25, 0.3) is 11.0 Å². The number of unbranched alkanes of at least 4 members (excludes halogenated alkanes) is 1. The molecule has 1 heterocycles. The van der Waals surface area contributed by atoms with E-state index >= 15 is 0 Å². The van der Waals surface area contributed by atoms with Crippen LogP contribution in [-0.4, -0.2) is 17.2 Å². The van der Waals surface area contributed by atoms with Crippen LogP contribution in [0.15, 0.2) is 42.5 Å². The van der Waals surface area contributed by atoms with Crippen LogP contribution >= 0.6 is 0 Å². The zero-order chi connectivity index (χ0) is 16.9. The number of methoxy groups -OCH3 is 1. The highest BCUT2D eigenvalue weighted by Crippen LogP contribution is 2.29. The fourth-order valence-electron chi connectivity index (χ4n) is 2.87. The minimum absolute atomic E-state index is 0.184. The number of ether oxygens (including phenoxy) is 1. The van der Waals surface area contributed by atoms with Gasteiger partial charge in [-0.3, -0.25) is 5.32 Å². The molecule has 5 nitrogen and oxygen atoms in total. The predicted octanol–water partition coefficient (Wildman–Crippen LogP) is 3.58. The van der Waals surface area contributed by atoms with E-state index in [9.17, 15) is 5.11 Å². The van der Waals surface area contributed by atoms with E-state index in [0.717, 1.165) is 36.4 Å². The average molecular weight is 326 g/mol. The third-order valence-corrected chi connectivity index (χ3v) is 4.20. The normalized spacial score (nSPS) is 10.9. The van der Waals surface area contributed by atoms with Gasteiger partial charge in [0.25, 0.3) is 0 Å². The molecule has 0 bridgehead atoms. The number of imidazole rings is 1. The fraction of sp³-hybridized carbons (Fsp3) is 0.316. The first-order chi connectivity index (χ1) is 11.7. The number of rotatable bonds is 7. The van der Waals surface area contributed by atoms with Gasteiger partial charge in [-0.1, -0.05) is 37.6 Å². The minimum atomic E-state index is 0.184. The number of aromatic hydroxyl groups is 1. The summed E-state index contributed by atoms with van der Waals surface area (Å²) in [6, 6.07) is 13.8. The topological polar surface area (TPSA) is 61.2 Å². The molecule has 0 aliphatic rings. The Morgan fingerprint density at radius 1 is 1.17 bits per heavy atom. The molecule has 0 amide bonds. The van der Waals surface area contributed by atoms with E-state index in [0.29, 0.717) is 12.3 Å². The van der Waals surface area contributed by atoms with Crippen molar-refractivity contribution in [2.45, 2.75) is 32.9 Å². The lowest BCUT2D eigenvalue weighted by Crippen LogP contribution is -2.36. The van der Waals surface area contributed by atoms with E-state index in [1.807, 2.05) is 18.2 Å². The van der Waals surface area contributed by atoms with Crippen LogP contribution in [0.5, 0.6) is 11.5 Å². The number of para-hydroxylation sites is 3. The first-order valence-corrected chi connectivity index (χ1v) is 8.34. The van der Waals surface area contributed by atoms with Crippen LogP contribution in [0, 0.1) is 0 Å². The zero-order valence-electron chi connectivity index (χ0n) is 14.2. The number of aryl methyl sites for hydroxylation is 1. The summed E-state index contributed by atoms with van der Waals surface area (Å²) in [5, 5.41) is 13.6. The van der Waals surface area contributed by atoms with Gasteiger partial charge < -0.3 is 9.84 Å². The quantitative estimate of drug-likeness (QED) is 0.582. The number of nitrogens with one attached hydrogen (secondary N) is 2. The number of hydrogen-bond donors (Lipinski definition) is 3. The van der Waals surface area contributed by atoms with Crippen molar-refractivity contribution in [1.82, 2.24) is 4.98 Å². The van der Waals surface area contributed by atoms with E-state index in [-0.39, 0.29) is 5.75 Å². The number of aromatic nitrogens is 2. The monoisotopic (exact) mass is 326 g/mol. The zero-order valence-corrected chi connectivity index (χ0v) is 14.2. The average Bonchev–Trinajstić information content (AvgIpc) is 2.96. The van der Waals surface area contributed by atoms with Crippen molar-refractivity contribution >= 4 is 17.0 Å². The van der Waals surface area contributed by atoms with Crippen LogP contribution < -0.4 is 14.6 Å². The number of aromatic amines is 1. The first kappa shape index (κ1) is 16.2. The molecule has 2 aromatic carbocycles. The number of H-pyrrole nitrogens is 1. The molecule has 0 fully saturated rings. The number of hydrogen-bond acceptors (Lipinski definition) is 3. The second-order valence-electron chi connectivity index (χ2n) is 5.82. The lowest BCUT2D eigenvalue weighted by atomic mass is 10.2. The molecule has 0 unspecified atom stereocenters. The molecule has 3 aromatic rings. The lowest BCUT2D eigenvalue weighted by Gasteiger charge is -2.08. The number of fused-ring (bicyclic) bond motifs is 1. The van der Waals surface area contributed by atoms with Gasteiger partial charge in [0.05, 0.1) is 20.2 Å². The maximum atomic E-state index is 10.2. The molecule has 0 saturated carbocycles. The Labute approximate surface area is 141 Å². The summed E-state index contributed by atoms with van der Waals surface area (Å²) in [6.07, 6.45) is 2.26. The van der Waals surface area contributed by atoms with Crippen molar-refractivity contribution in [3.63, 3.8) is 0 Å². The Bertz CT molecular complexity index is 827. The maximum absolute atomic E-state index is 10.2. The van der Waals surface area contributed by atoms with Gasteiger partial charge in [-0.15, -0.1) is 0 Å². The summed E-state index contributed by atoms with van der Waals surface area (Å²) in [4.78, 5) is 3.43. The predicted molar refractivity (Wildman–Crippen MR) is 95.4 cm³/mol. The van der Waals surface area contributed by atoms with Gasteiger partial charge in [-0.25, -0.2) is 9.55 Å². The van der Waals surface area contributed by atoms with Crippen molar-refractivity contribution < 1.29 is 14.4 Å². The summed E-state index contributed by atoms with van der Waals surface area (Å²) < 4.78 is 7.43. The highest BCUT2D eigenvalue weighted by atomic mass is 16.5. The van der Waals surface area contributed by atoms with Crippen LogP contribution in [0.4, 0.5) is 5.95 Å². The molecule has 0 spiro atoms. The molecule has 126 valence electrons. The molecular formula is C19H24N3O2+. The molecule has 0 aliphatic heterocycles. The lowest BCUT2D eigenvalue weighted by molar-refractivity contribution is -0.657. The molecule has 3 rings (SSSR count). The fourth-order valence-corrected chi connectivity index (χ4v) is 2.87. The third kappa shape index (κ3) is 3.15. The maximum Gasteiger partial charge on any atom is 0.356 e. The number of nitrogens with zero attached hydrogens (tertiary/aromatic N) is 1. The molecule has 0 radical (unpaired) electrons. The largest absolute Gasteiger partial charge is 0.504 e. The Morgan fingerprint density at radius 2 is 2.00 bits per heavy atom. The van der Waals surface area contributed by atoms with E-state index in [1.165, 1.54) is 5.52 Å². The molecule has 5 heteroatoms. The highest BCUT2D eigenvalue weighted by Gasteiger charge is 2.17. The third-order valence-electron chi connectivity index (χ3n) is 4.20. The van der Waals surface area contributed by atoms with Gasteiger partial charge in [0, 0.05) is 5.56 Å². The smallest absolute Gasteiger partial charge is 0.356 e. The molecule has 3 N–H and O–H groups in total. The van der Waals surface area contributed by atoms with Crippen LogP contribution in [0.3, 0.4) is 0 Å². The molecule has 24 heavy (non-hydrogen) atoms. The van der Waals surface area contributed by atoms with Gasteiger partial charge in [-0.05, 0) is 24.6 Å². The van der Waals surface area contributed by atoms with Crippen molar-refractivity contribution in [2.75, 3.05) is 12.4 Å². The Hall–Kier alpha value is -2.69. The number of benzene rings is 2. The number of anilines is 1. The summed E-state index contributed by atoms with van der Waals surface area (Å²) in [5.74, 6) is 1.63. The Balaban J connectivity index is 1.87. The first-order valence-electron chi connectivity index (χ1n) is 8.34. The summed E-state index contributed by atoms with van der Waals surface area (Å²) >= 11 is 0. The summed E-state index contributed by atoms with van der Waals surface area (Å²) in [6.45, 7) is 3.66. The molecule has 0 aliphatic carbocycles. The SMILES string of the molecule is CCCC[n+]1c(NCc2cccc(OC)c2O)[nH]c2ccccc21.